The van der Waals surface area contributed by atoms with Crippen molar-refractivity contribution in [2.75, 3.05) is 107 Å². The summed E-state index contributed by atoms with van der Waals surface area (Å²) in [5.41, 5.74) is -4.66. The van der Waals surface area contributed by atoms with E-state index >= 15 is 0 Å². The van der Waals surface area contributed by atoms with Crippen molar-refractivity contribution >= 4 is 84.2 Å². The number of aromatic amines is 4. The Kier molecular flexibility index (Phi) is 28.1. The molecular formula is C100H144N24O16S4. The Morgan fingerprint density at radius 1 is 0.368 bits per heavy atom. The smallest absolute Gasteiger partial charge is 0.277 e. The van der Waals surface area contributed by atoms with Gasteiger partial charge in [-0.25, -0.2) is 72.5 Å². The second-order valence-corrected chi connectivity index (χ2v) is 42.2. The second-order valence-electron chi connectivity index (χ2n) is 35.3. The van der Waals surface area contributed by atoms with Crippen molar-refractivity contribution in [2.24, 2.45) is 28.0 Å². The van der Waals surface area contributed by atoms with Crippen molar-refractivity contribution in [2.45, 2.75) is 253 Å². The summed E-state index contributed by atoms with van der Waals surface area (Å²) in [4.78, 5) is 88.7. The lowest BCUT2D eigenvalue weighted by Gasteiger charge is -2.19. The van der Waals surface area contributed by atoms with E-state index in [1.165, 1.54) is 83.9 Å². The number of aryl methyl sites for hydroxylation is 8. The molecule has 784 valence electrons. The van der Waals surface area contributed by atoms with E-state index in [9.17, 15) is 52.8 Å². The van der Waals surface area contributed by atoms with E-state index < -0.39 is 186 Å². The molecule has 0 amide bonds. The monoisotopic (exact) mass is 2090 g/mol. The van der Waals surface area contributed by atoms with E-state index in [1.807, 2.05) is 53.7 Å². The number of nitrogens with zero attached hydrogens (tertiary/aromatic N) is 16. The number of hydrogen-bond donors (Lipinski definition) is 8. The lowest BCUT2D eigenvalue weighted by Crippen LogP contribution is -2.31. The first-order chi connectivity index (χ1) is 78.0. The fourth-order valence-electron chi connectivity index (χ4n) is 17.4. The summed E-state index contributed by atoms with van der Waals surface area (Å²) in [6.45, 7) is -0.674. The predicted molar refractivity (Wildman–Crippen MR) is 559 cm³/mol. The number of nitrogens with one attached hydrogen (secondary N) is 8. The number of fused-ring (bicyclic) bond motifs is 4. The molecule has 8 aromatic heterocycles. The van der Waals surface area contributed by atoms with Gasteiger partial charge in [0, 0.05) is 111 Å². The molecule has 6 atom stereocenters. The number of benzene rings is 4. The molecule has 0 spiro atoms. The molecule has 12 heterocycles. The van der Waals surface area contributed by atoms with Gasteiger partial charge in [0.05, 0.1) is 91.0 Å². The Labute approximate surface area is 876 Å². The summed E-state index contributed by atoms with van der Waals surface area (Å²) in [6.07, 6.45) is 0.546. The van der Waals surface area contributed by atoms with Gasteiger partial charge in [0.25, 0.3) is 22.2 Å². The maximum atomic E-state index is 13.4. The van der Waals surface area contributed by atoms with E-state index in [0.717, 1.165) is 96.5 Å². The highest BCUT2D eigenvalue weighted by atomic mass is 32.2. The van der Waals surface area contributed by atoms with Crippen LogP contribution in [0.5, 0.6) is 23.0 Å². The number of H-pyrrole nitrogens is 4. The second kappa shape index (κ2) is 49.9. The topological polar surface area (TPSA) is 489 Å². The summed E-state index contributed by atoms with van der Waals surface area (Å²) in [6, 6.07) is 16.6. The molecule has 4 aliphatic rings. The standard InChI is InChI=1S/4C25H36N6O4S/c4*1-5-8-20-22-23(31(4)29-20)25(32)28-24(27-22)19-16-18(10-11-21(19)35-15-6-2)36(33,34)26-13-12-17-9-7-14-30(17)3/h4*10-11,16-17,26H,5-9,12-15H2,1-4H3,(H,27,28,32)/i1D3,4D3,8D2,13D2;1D3,4D3,8D2,13D;5D2,13D;5D2. The van der Waals surface area contributed by atoms with Crippen molar-refractivity contribution < 1.29 is 85.5 Å². The molecule has 40 nitrogen and oxygen atoms in total. The largest absolute Gasteiger partial charge is 0.493 e. The molecule has 4 aromatic carbocycles. The Hall–Kier alpha value is -11.0. The molecule has 0 saturated carbocycles. The molecule has 0 bridgehead atoms. The number of sulfonamides is 4. The van der Waals surface area contributed by atoms with Crippen molar-refractivity contribution in [1.29, 1.82) is 0 Å². The first-order valence-corrected chi connectivity index (χ1v) is 53.7. The Morgan fingerprint density at radius 2 is 0.653 bits per heavy atom. The Morgan fingerprint density at radius 3 is 0.944 bits per heavy atom. The Balaban J connectivity index is 0.000000184. The minimum atomic E-state index is -4.50. The third kappa shape index (κ3) is 26.5. The van der Waals surface area contributed by atoms with Crippen LogP contribution in [0.25, 0.3) is 89.7 Å². The third-order valence-electron chi connectivity index (χ3n) is 25.0. The minimum absolute atomic E-state index is 0.0219. The normalized spacial score (nSPS) is 20.5. The molecule has 12 aromatic rings. The molecule has 44 heteroatoms. The van der Waals surface area contributed by atoms with Gasteiger partial charge in [-0.15, -0.1) is 0 Å². The highest BCUT2D eigenvalue weighted by Crippen LogP contribution is 2.38. The highest BCUT2D eigenvalue weighted by molar-refractivity contribution is 7.90. The molecule has 16 rings (SSSR count). The zero-order valence-electron chi connectivity index (χ0n) is 107. The Bertz CT molecular complexity index is 8330. The molecule has 144 heavy (non-hydrogen) atoms. The van der Waals surface area contributed by atoms with Crippen LogP contribution in [0.15, 0.2) is 112 Å². The SMILES string of the molecule is [2H]C(CC1CCCN1C)NS(=O)(=O)c1ccc(OCCC)c(-c2nc3c(C([2H])([2H])CC([2H])([2H])[2H])nn(C([2H])([2H])[2H])c3c(=O)[nH]2)c1.[2H]C(CC1CCCN1C)NS(=O)(=O)c1ccc(OCCC)c(-c2nc3c(CC([2H])([2H])C)nn(C)c3c(=O)[nH]2)c1.[2H]C([2H])(C)Cc1nn(C)c2c(=O)[nH]c(-c3cc(S(=O)(=O)NCCC4CCCN4C)ccc3OCCC)nc12.[2H]C([2H])([2H])CC([2H])([2H])c1nn(C([2H])([2H])[2H])c2c(=O)[nH]c(-c3cc(S(=O)(=O)NC([2H])([2H])CC4CCCN4C)ccc3OCCC)nc12. The molecular weight excluding hydrogens is 1920 g/mol. The van der Waals surface area contributed by atoms with Crippen molar-refractivity contribution in [1.82, 2.24) is 117 Å². The van der Waals surface area contributed by atoms with E-state index in [-0.39, 0.29) is 145 Å². The van der Waals surface area contributed by atoms with Gasteiger partial charge in [0.1, 0.15) is 68.4 Å². The van der Waals surface area contributed by atoms with Crippen molar-refractivity contribution in [3.8, 4) is 68.5 Å². The van der Waals surface area contributed by atoms with E-state index in [4.69, 9.17) is 51.8 Å². The van der Waals surface area contributed by atoms with Crippen LogP contribution >= 0.6 is 0 Å². The summed E-state index contributed by atoms with van der Waals surface area (Å²) in [7, 11) is -5.65. The van der Waals surface area contributed by atoms with Crippen molar-refractivity contribution in [3.05, 3.63) is 137 Å². The zero-order chi connectivity index (χ0) is 124. The van der Waals surface area contributed by atoms with Crippen LogP contribution in [0.3, 0.4) is 0 Å². The maximum Gasteiger partial charge on any atom is 0.277 e. The molecule has 4 aliphatic heterocycles. The van der Waals surface area contributed by atoms with Gasteiger partial charge in [0.2, 0.25) is 40.1 Å². The van der Waals surface area contributed by atoms with Gasteiger partial charge in [-0.3, -0.25) is 37.9 Å². The quantitative estimate of drug-likeness (QED) is 0.0176. The average molecular weight is 2090 g/mol. The van der Waals surface area contributed by atoms with Gasteiger partial charge in [-0.05, 0) is 255 Å². The number of ether oxygens (including phenoxy) is 4. The summed E-state index contributed by atoms with van der Waals surface area (Å²) in [5.74, 6) is 0.481. The summed E-state index contributed by atoms with van der Waals surface area (Å²) < 4.78 is 334. The number of likely N-dealkylation sites (tertiary alicyclic amines) is 4. The maximum absolute atomic E-state index is 13.4. The first-order valence-electron chi connectivity index (χ1n) is 59.9. The molecule has 4 fully saturated rings. The molecule has 8 N–H and O–H groups in total. The summed E-state index contributed by atoms with van der Waals surface area (Å²) >= 11 is 0. The van der Waals surface area contributed by atoms with Crippen LogP contribution in [0.1, 0.15) is 239 Å². The van der Waals surface area contributed by atoms with Crippen LogP contribution in [0.2, 0.25) is 0 Å². The van der Waals surface area contributed by atoms with E-state index in [2.05, 4.69) is 101 Å². The average Bonchev–Trinajstić information content (AvgIpc) is 1.58. The van der Waals surface area contributed by atoms with Gasteiger partial charge < -0.3 is 58.5 Å². The lowest BCUT2D eigenvalue weighted by molar-refractivity contribution is 0.297. The fraction of sp³-hybridized carbons (Fsp3) is 0.560. The summed E-state index contributed by atoms with van der Waals surface area (Å²) in [5, 5.41) is 16.2. The van der Waals surface area contributed by atoms with Crippen LogP contribution in [0, 0.1) is 0 Å². The molecule has 0 aliphatic carbocycles. The van der Waals surface area contributed by atoms with Gasteiger partial charge >= 0.3 is 0 Å². The van der Waals surface area contributed by atoms with Gasteiger partial charge in [-0.1, -0.05) is 80.8 Å². The fourth-order valence-corrected chi connectivity index (χ4v) is 21.4. The van der Waals surface area contributed by atoms with Crippen LogP contribution in [-0.4, -0.2) is 263 Å². The minimum Gasteiger partial charge on any atom is -0.493 e. The lowest BCUT2D eigenvalue weighted by atomic mass is 10.1. The van der Waals surface area contributed by atoms with E-state index in [1.54, 1.807) is 20.2 Å². The zero-order valence-corrected chi connectivity index (χ0v) is 86.0. The number of hydrogen-bond acceptors (Lipinski definition) is 28. The van der Waals surface area contributed by atoms with Crippen LogP contribution in [0.4, 0.5) is 0 Å². The number of rotatable bonds is 44. The third-order valence-corrected chi connectivity index (χ3v) is 30.4. The molecule has 6 unspecified atom stereocenters. The van der Waals surface area contributed by atoms with Crippen LogP contribution < -0.4 is 60.1 Å². The van der Waals surface area contributed by atoms with E-state index in [0.29, 0.717) is 89.3 Å². The van der Waals surface area contributed by atoms with Crippen molar-refractivity contribution in [3.63, 3.8) is 0 Å². The highest BCUT2D eigenvalue weighted by Gasteiger charge is 2.32. The predicted octanol–water partition coefficient (Wildman–Crippen LogP) is 11.3. The van der Waals surface area contributed by atoms with Gasteiger partial charge in [0.15, 0.2) is 22.1 Å². The molecule has 0 radical (unpaired) electrons. The number of aromatic nitrogens is 16. The van der Waals surface area contributed by atoms with Crippen LogP contribution in [-0.2, 0) is 93.7 Å². The first kappa shape index (κ1) is 81.1. The van der Waals surface area contributed by atoms with Gasteiger partial charge in [-0.2, -0.15) is 20.4 Å². The molecule has 4 saturated heterocycles.